The monoisotopic (exact) mass is 236 g/mol. The van der Waals surface area contributed by atoms with Crippen LogP contribution in [0.25, 0.3) is 0 Å². The van der Waals surface area contributed by atoms with Crippen LogP contribution in [-0.2, 0) is 0 Å². The lowest BCUT2D eigenvalue weighted by Crippen LogP contribution is -2.19. The predicted molar refractivity (Wildman–Crippen MR) is 52.6 cm³/mol. The van der Waals surface area contributed by atoms with E-state index in [1.807, 2.05) is 0 Å². The van der Waals surface area contributed by atoms with Crippen molar-refractivity contribution < 1.29 is 17.9 Å². The van der Waals surface area contributed by atoms with E-state index in [9.17, 15) is 13.2 Å². The molecule has 0 aliphatic rings. The highest BCUT2D eigenvalue weighted by Gasteiger charge is 2.32. The molecule has 1 rings (SSSR count). The number of ether oxygens (including phenoxy) is 1. The second-order valence-corrected chi connectivity index (χ2v) is 3.08. The highest BCUT2D eigenvalue weighted by Crippen LogP contribution is 2.24. The van der Waals surface area contributed by atoms with Crippen LogP contribution in [-0.4, -0.2) is 37.5 Å². The van der Waals surface area contributed by atoms with Gasteiger partial charge in [-0.25, -0.2) is 0 Å². The third-order valence-electron chi connectivity index (χ3n) is 1.59. The summed E-state index contributed by atoms with van der Waals surface area (Å²) in [5.74, 6) is -0.167. The maximum atomic E-state index is 12.0. The number of halogens is 3. The molecule has 1 N–H and O–H groups in total. The topological polar surface area (TPSA) is 50.3 Å². The lowest BCUT2D eigenvalue weighted by Gasteiger charge is -2.14. The Morgan fingerprint density at radius 1 is 1.31 bits per heavy atom. The molecule has 8 heteroatoms. The van der Waals surface area contributed by atoms with Gasteiger partial charge in [-0.1, -0.05) is 0 Å². The first kappa shape index (κ1) is 12.3. The predicted octanol–water partition coefficient (Wildman–Crippen LogP) is 1.48. The number of hydrogen-bond acceptors (Lipinski definition) is 5. The van der Waals surface area contributed by atoms with E-state index in [4.69, 9.17) is 0 Å². The number of rotatable bonds is 3. The first-order valence-electron chi connectivity index (χ1n) is 4.32. The molecule has 0 amide bonds. The summed E-state index contributed by atoms with van der Waals surface area (Å²) >= 11 is 0. The standard InChI is InChI=1S/C8H11F3N4O/c1-12-7-13-5(15(2)3)4-6(14-7)16-8(9,10)11/h4H,1-3H3,(H,12,13,14). The SMILES string of the molecule is CNc1nc(OC(F)(F)F)cc(N(C)C)n1. The molecule has 0 fully saturated rings. The quantitative estimate of drug-likeness (QED) is 0.861. The Labute approximate surface area is 90.3 Å². The number of hydrogen-bond donors (Lipinski definition) is 1. The van der Waals surface area contributed by atoms with Crippen LogP contribution in [0.5, 0.6) is 5.88 Å². The molecular formula is C8H11F3N4O. The van der Waals surface area contributed by atoms with Crippen molar-refractivity contribution >= 4 is 11.8 Å². The van der Waals surface area contributed by atoms with Gasteiger partial charge in [0.1, 0.15) is 5.82 Å². The molecule has 1 aromatic heterocycles. The minimum atomic E-state index is -4.76. The summed E-state index contributed by atoms with van der Waals surface area (Å²) in [5, 5.41) is 2.55. The van der Waals surface area contributed by atoms with Crippen molar-refractivity contribution in [3.05, 3.63) is 6.07 Å². The van der Waals surface area contributed by atoms with E-state index in [1.165, 1.54) is 7.05 Å². The van der Waals surface area contributed by atoms with Gasteiger partial charge in [0.25, 0.3) is 0 Å². The van der Waals surface area contributed by atoms with E-state index < -0.39 is 12.2 Å². The van der Waals surface area contributed by atoms with Gasteiger partial charge in [-0.15, -0.1) is 13.2 Å². The van der Waals surface area contributed by atoms with Crippen LogP contribution < -0.4 is 15.0 Å². The van der Waals surface area contributed by atoms with Gasteiger partial charge in [-0.05, 0) is 0 Å². The molecule has 0 saturated heterocycles. The molecule has 0 aliphatic carbocycles. The third kappa shape index (κ3) is 3.44. The summed E-state index contributed by atoms with van der Waals surface area (Å²) in [5.41, 5.74) is 0. The van der Waals surface area contributed by atoms with Gasteiger partial charge in [0.15, 0.2) is 0 Å². The first-order chi connectivity index (χ1) is 7.31. The van der Waals surface area contributed by atoms with E-state index in [2.05, 4.69) is 20.0 Å². The summed E-state index contributed by atoms with van der Waals surface area (Å²) < 4.78 is 39.7. The Hall–Kier alpha value is -1.73. The molecule has 90 valence electrons. The van der Waals surface area contributed by atoms with Crippen LogP contribution in [0.4, 0.5) is 24.9 Å². The minimum absolute atomic E-state index is 0.0606. The second kappa shape index (κ2) is 4.42. The van der Waals surface area contributed by atoms with Crippen LogP contribution >= 0.6 is 0 Å². The third-order valence-corrected chi connectivity index (χ3v) is 1.59. The van der Waals surface area contributed by atoms with Crippen molar-refractivity contribution in [2.45, 2.75) is 6.36 Å². The number of aromatic nitrogens is 2. The zero-order valence-electron chi connectivity index (χ0n) is 8.96. The first-order valence-corrected chi connectivity index (χ1v) is 4.32. The van der Waals surface area contributed by atoms with Crippen molar-refractivity contribution in [1.82, 2.24) is 9.97 Å². The summed E-state index contributed by atoms with van der Waals surface area (Å²) in [4.78, 5) is 9.01. The van der Waals surface area contributed by atoms with Gasteiger partial charge in [0.05, 0.1) is 0 Å². The van der Waals surface area contributed by atoms with Crippen LogP contribution in [0.3, 0.4) is 0 Å². The van der Waals surface area contributed by atoms with Gasteiger partial charge in [-0.3, -0.25) is 0 Å². The number of nitrogens with one attached hydrogen (secondary N) is 1. The Balaban J connectivity index is 3.04. The van der Waals surface area contributed by atoms with Crippen LogP contribution in [0.1, 0.15) is 0 Å². The second-order valence-electron chi connectivity index (χ2n) is 3.08. The van der Waals surface area contributed by atoms with Crippen LogP contribution in [0.15, 0.2) is 6.07 Å². The van der Waals surface area contributed by atoms with E-state index in [0.717, 1.165) is 6.07 Å². The molecule has 0 saturated carbocycles. The fraction of sp³-hybridized carbons (Fsp3) is 0.500. The molecule has 0 aromatic carbocycles. The van der Waals surface area contributed by atoms with Crippen molar-refractivity contribution in [2.75, 3.05) is 31.4 Å². The van der Waals surface area contributed by atoms with Crippen molar-refractivity contribution in [1.29, 1.82) is 0 Å². The van der Waals surface area contributed by atoms with E-state index >= 15 is 0 Å². The largest absolute Gasteiger partial charge is 0.574 e. The van der Waals surface area contributed by atoms with Crippen molar-refractivity contribution in [3.8, 4) is 5.88 Å². The average molecular weight is 236 g/mol. The lowest BCUT2D eigenvalue weighted by molar-refractivity contribution is -0.276. The Morgan fingerprint density at radius 3 is 2.38 bits per heavy atom. The summed E-state index contributed by atoms with van der Waals surface area (Å²) in [6.07, 6.45) is -4.76. The van der Waals surface area contributed by atoms with Crippen LogP contribution in [0.2, 0.25) is 0 Å². The highest BCUT2D eigenvalue weighted by atomic mass is 19.4. The van der Waals surface area contributed by atoms with E-state index in [-0.39, 0.29) is 5.95 Å². The fourth-order valence-corrected chi connectivity index (χ4v) is 0.925. The van der Waals surface area contributed by atoms with Crippen molar-refractivity contribution in [3.63, 3.8) is 0 Å². The van der Waals surface area contributed by atoms with Gasteiger partial charge >= 0.3 is 6.36 Å². The summed E-state index contributed by atoms with van der Waals surface area (Å²) in [6, 6.07) is 1.11. The zero-order valence-corrected chi connectivity index (χ0v) is 8.96. The smallest absolute Gasteiger partial charge is 0.388 e. The van der Waals surface area contributed by atoms with Crippen LogP contribution in [0, 0.1) is 0 Å². The molecule has 0 atom stereocenters. The molecule has 0 radical (unpaired) electrons. The Bertz CT molecular complexity index is 367. The average Bonchev–Trinajstić information content (AvgIpc) is 2.14. The van der Waals surface area contributed by atoms with Gasteiger partial charge in [-0.2, -0.15) is 9.97 Å². The van der Waals surface area contributed by atoms with Gasteiger partial charge < -0.3 is 15.0 Å². The zero-order chi connectivity index (χ0) is 12.3. The molecule has 5 nitrogen and oxygen atoms in total. The molecule has 0 unspecified atom stereocenters. The normalized spacial score (nSPS) is 11.1. The number of alkyl halides is 3. The Kier molecular flexibility index (Phi) is 3.41. The lowest BCUT2D eigenvalue weighted by atomic mass is 10.5. The summed E-state index contributed by atoms with van der Waals surface area (Å²) in [7, 11) is 4.81. The minimum Gasteiger partial charge on any atom is -0.388 e. The molecule has 16 heavy (non-hydrogen) atoms. The maximum absolute atomic E-state index is 12.0. The van der Waals surface area contributed by atoms with Gasteiger partial charge in [0, 0.05) is 27.2 Å². The molecule has 0 aliphatic heterocycles. The van der Waals surface area contributed by atoms with E-state index in [1.54, 1.807) is 19.0 Å². The fourth-order valence-electron chi connectivity index (χ4n) is 0.925. The molecule has 0 bridgehead atoms. The number of anilines is 2. The van der Waals surface area contributed by atoms with Crippen molar-refractivity contribution in [2.24, 2.45) is 0 Å². The summed E-state index contributed by atoms with van der Waals surface area (Å²) in [6.45, 7) is 0. The molecular weight excluding hydrogens is 225 g/mol. The maximum Gasteiger partial charge on any atom is 0.574 e. The molecule has 1 aromatic rings. The molecule has 1 heterocycles. The highest BCUT2D eigenvalue weighted by molar-refractivity contribution is 5.45. The number of nitrogens with zero attached hydrogens (tertiary/aromatic N) is 3. The van der Waals surface area contributed by atoms with E-state index in [0.29, 0.717) is 5.82 Å². The Morgan fingerprint density at radius 2 is 1.94 bits per heavy atom. The van der Waals surface area contributed by atoms with Gasteiger partial charge in [0.2, 0.25) is 11.8 Å². The molecule has 0 spiro atoms.